The number of hydrogen-bond acceptors (Lipinski definition) is 5. The Balaban J connectivity index is 1.75. The zero-order valence-corrected chi connectivity index (χ0v) is 16.1. The number of nitriles is 1. The zero-order chi connectivity index (χ0) is 19.6. The lowest BCUT2D eigenvalue weighted by Crippen LogP contribution is -2.37. The van der Waals surface area contributed by atoms with Crippen LogP contribution in [-0.2, 0) is 10.0 Å². The van der Waals surface area contributed by atoms with Gasteiger partial charge in [-0.2, -0.15) is 14.7 Å². The van der Waals surface area contributed by atoms with Crippen LogP contribution in [0.5, 0.6) is 0 Å². The predicted molar refractivity (Wildman–Crippen MR) is 98.5 cm³/mol. The Hall–Kier alpha value is -2.70. The van der Waals surface area contributed by atoms with E-state index in [0.29, 0.717) is 48.6 Å². The van der Waals surface area contributed by atoms with Gasteiger partial charge in [0.1, 0.15) is 4.90 Å². The molecule has 1 aliphatic heterocycles. The number of carbonyl (C=O) groups excluding carboxylic acids is 1. The highest BCUT2D eigenvalue weighted by Gasteiger charge is 2.32. The summed E-state index contributed by atoms with van der Waals surface area (Å²) in [5.41, 5.74) is 1.95. The van der Waals surface area contributed by atoms with E-state index in [1.165, 1.54) is 4.31 Å². The highest BCUT2D eigenvalue weighted by atomic mass is 32.2. The van der Waals surface area contributed by atoms with E-state index < -0.39 is 10.0 Å². The Kier molecular flexibility index (Phi) is 5.30. The van der Waals surface area contributed by atoms with Crippen molar-refractivity contribution in [2.45, 2.75) is 25.2 Å². The van der Waals surface area contributed by atoms with Crippen molar-refractivity contribution in [1.29, 1.82) is 5.26 Å². The van der Waals surface area contributed by atoms with Crippen molar-refractivity contribution in [3.63, 3.8) is 0 Å². The Morgan fingerprint density at radius 3 is 2.44 bits per heavy atom. The lowest BCUT2D eigenvalue weighted by molar-refractivity contribution is 0.0764. The lowest BCUT2D eigenvalue weighted by Gasteiger charge is -2.22. The largest absolute Gasteiger partial charge is 0.337 e. The van der Waals surface area contributed by atoms with Crippen molar-refractivity contribution in [2.75, 3.05) is 26.2 Å². The summed E-state index contributed by atoms with van der Waals surface area (Å²) < 4.78 is 27.4. The van der Waals surface area contributed by atoms with Gasteiger partial charge in [-0.3, -0.25) is 9.89 Å². The molecule has 27 heavy (non-hydrogen) atoms. The molecule has 1 N–H and O–H groups in total. The molecule has 2 aromatic rings. The van der Waals surface area contributed by atoms with E-state index in [2.05, 4.69) is 10.2 Å². The first kappa shape index (κ1) is 19.1. The van der Waals surface area contributed by atoms with E-state index in [0.717, 1.165) is 0 Å². The van der Waals surface area contributed by atoms with Gasteiger partial charge in [-0.05, 0) is 44.5 Å². The number of H-pyrrole nitrogens is 1. The summed E-state index contributed by atoms with van der Waals surface area (Å²) in [6.07, 6.45) is 0.553. The molecule has 9 heteroatoms. The predicted octanol–water partition coefficient (Wildman–Crippen LogP) is 1.44. The lowest BCUT2D eigenvalue weighted by atomic mass is 10.1. The highest BCUT2D eigenvalue weighted by molar-refractivity contribution is 7.89. The van der Waals surface area contributed by atoms with Crippen LogP contribution in [0, 0.1) is 25.2 Å². The first-order valence-corrected chi connectivity index (χ1v) is 10.1. The number of benzene rings is 1. The topological polar surface area (TPSA) is 110 Å². The van der Waals surface area contributed by atoms with E-state index >= 15 is 0 Å². The fourth-order valence-corrected chi connectivity index (χ4v) is 5.06. The van der Waals surface area contributed by atoms with E-state index in [-0.39, 0.29) is 17.3 Å². The van der Waals surface area contributed by atoms with Crippen LogP contribution in [0.15, 0.2) is 29.2 Å². The van der Waals surface area contributed by atoms with Crippen LogP contribution >= 0.6 is 0 Å². The number of nitrogens with zero attached hydrogens (tertiary/aromatic N) is 4. The van der Waals surface area contributed by atoms with Gasteiger partial charge in [0.2, 0.25) is 10.0 Å². The molecule has 1 aromatic carbocycles. The van der Waals surface area contributed by atoms with Crippen molar-refractivity contribution in [1.82, 2.24) is 19.4 Å². The van der Waals surface area contributed by atoms with Gasteiger partial charge in [0.05, 0.1) is 23.0 Å². The highest BCUT2D eigenvalue weighted by Crippen LogP contribution is 2.23. The molecule has 0 spiro atoms. The van der Waals surface area contributed by atoms with Crippen molar-refractivity contribution in [3.8, 4) is 6.07 Å². The summed E-state index contributed by atoms with van der Waals surface area (Å²) in [6.45, 7) is 4.72. The van der Waals surface area contributed by atoms with Gasteiger partial charge in [-0.25, -0.2) is 8.42 Å². The Morgan fingerprint density at radius 1 is 1.15 bits per heavy atom. The molecule has 0 unspecified atom stereocenters. The number of aryl methyl sites for hydroxylation is 2. The van der Waals surface area contributed by atoms with Gasteiger partial charge >= 0.3 is 0 Å². The second-order valence-corrected chi connectivity index (χ2v) is 8.38. The molecule has 0 saturated carbocycles. The summed E-state index contributed by atoms with van der Waals surface area (Å²) in [4.78, 5) is 14.6. The van der Waals surface area contributed by atoms with Gasteiger partial charge in [-0.15, -0.1) is 0 Å². The smallest absolute Gasteiger partial charge is 0.253 e. The van der Waals surface area contributed by atoms with E-state index in [1.807, 2.05) is 6.07 Å². The summed E-state index contributed by atoms with van der Waals surface area (Å²) in [5, 5.41) is 15.6. The third-order valence-corrected chi connectivity index (χ3v) is 6.82. The molecular formula is C18H21N5O3S. The van der Waals surface area contributed by atoms with Crippen LogP contribution in [0.2, 0.25) is 0 Å². The van der Waals surface area contributed by atoms with Gasteiger partial charge in [-0.1, -0.05) is 0 Å². The minimum Gasteiger partial charge on any atom is -0.337 e. The quantitative estimate of drug-likeness (QED) is 0.857. The van der Waals surface area contributed by atoms with Crippen molar-refractivity contribution >= 4 is 15.9 Å². The second kappa shape index (κ2) is 7.50. The summed E-state index contributed by atoms with van der Waals surface area (Å²) >= 11 is 0. The molecule has 0 atom stereocenters. The first-order chi connectivity index (χ1) is 12.8. The molecule has 142 valence electrons. The monoisotopic (exact) mass is 387 g/mol. The maximum atomic E-state index is 13.0. The average Bonchev–Trinajstić information content (AvgIpc) is 2.87. The molecule has 1 aliphatic rings. The number of rotatable bonds is 3. The second-order valence-electron chi connectivity index (χ2n) is 6.50. The Bertz CT molecular complexity index is 969. The van der Waals surface area contributed by atoms with Crippen LogP contribution in [0.25, 0.3) is 0 Å². The maximum Gasteiger partial charge on any atom is 0.253 e. The average molecular weight is 387 g/mol. The number of nitrogens with one attached hydrogen (secondary N) is 1. The fraction of sp³-hybridized carbons (Fsp3) is 0.389. The molecule has 8 nitrogen and oxygen atoms in total. The SMILES string of the molecule is Cc1n[nH]c(C)c1S(=O)(=O)N1CCCN(C(=O)c2ccc(C#N)cc2)CC1. The fourth-order valence-electron chi connectivity index (χ4n) is 3.26. The van der Waals surface area contributed by atoms with Gasteiger partial charge in [0.15, 0.2) is 0 Å². The molecule has 2 heterocycles. The molecule has 1 aromatic heterocycles. The number of sulfonamides is 1. The van der Waals surface area contributed by atoms with Crippen LogP contribution in [-0.4, -0.2) is 59.9 Å². The molecular weight excluding hydrogens is 366 g/mol. The maximum absolute atomic E-state index is 13.0. The van der Waals surface area contributed by atoms with Crippen molar-refractivity contribution in [2.24, 2.45) is 0 Å². The van der Waals surface area contributed by atoms with E-state index in [9.17, 15) is 13.2 Å². The molecule has 0 bridgehead atoms. The van der Waals surface area contributed by atoms with Crippen molar-refractivity contribution in [3.05, 3.63) is 46.8 Å². The Morgan fingerprint density at radius 2 is 1.85 bits per heavy atom. The number of carbonyl (C=O) groups is 1. The summed E-state index contributed by atoms with van der Waals surface area (Å²) in [5.74, 6) is -0.158. The minimum atomic E-state index is -3.66. The van der Waals surface area contributed by atoms with Crippen LogP contribution in [0.4, 0.5) is 0 Å². The summed E-state index contributed by atoms with van der Waals surface area (Å²) in [6, 6.07) is 8.48. The molecule has 1 amide bonds. The minimum absolute atomic E-state index is 0.158. The van der Waals surface area contributed by atoms with Crippen LogP contribution in [0.3, 0.4) is 0 Å². The normalized spacial score (nSPS) is 16.0. The first-order valence-electron chi connectivity index (χ1n) is 8.65. The van der Waals surface area contributed by atoms with Gasteiger partial charge in [0.25, 0.3) is 5.91 Å². The Labute approximate surface area is 158 Å². The molecule has 1 saturated heterocycles. The van der Waals surface area contributed by atoms with E-state index in [1.54, 1.807) is 43.0 Å². The van der Waals surface area contributed by atoms with E-state index in [4.69, 9.17) is 5.26 Å². The van der Waals surface area contributed by atoms with Gasteiger partial charge < -0.3 is 4.90 Å². The van der Waals surface area contributed by atoms with Crippen LogP contribution < -0.4 is 0 Å². The number of hydrogen-bond donors (Lipinski definition) is 1. The third kappa shape index (κ3) is 3.72. The number of aromatic amines is 1. The zero-order valence-electron chi connectivity index (χ0n) is 15.3. The van der Waals surface area contributed by atoms with Crippen LogP contribution in [0.1, 0.15) is 33.7 Å². The molecule has 0 radical (unpaired) electrons. The third-order valence-electron chi connectivity index (χ3n) is 4.66. The summed E-state index contributed by atoms with van der Waals surface area (Å²) in [7, 11) is -3.66. The van der Waals surface area contributed by atoms with Crippen molar-refractivity contribution < 1.29 is 13.2 Å². The number of aromatic nitrogens is 2. The molecule has 3 rings (SSSR count). The molecule has 0 aliphatic carbocycles. The molecule has 1 fully saturated rings. The standard InChI is InChI=1S/C18H21N5O3S/c1-13-17(14(2)21-20-13)27(25,26)23-9-3-8-22(10-11-23)18(24)16-6-4-15(12-19)5-7-16/h4-7H,3,8-11H2,1-2H3,(H,20,21). The number of amides is 1. The van der Waals surface area contributed by atoms with Gasteiger partial charge in [0, 0.05) is 31.7 Å².